The van der Waals surface area contributed by atoms with Crippen LogP contribution in [0.25, 0.3) is 0 Å². The number of carbonyl (C=O) groups excluding carboxylic acids is 2. The van der Waals surface area contributed by atoms with Crippen molar-refractivity contribution in [3.63, 3.8) is 0 Å². The highest BCUT2D eigenvalue weighted by Crippen LogP contribution is 2.06. The molecule has 116 valence electrons. The Morgan fingerprint density at radius 3 is 2.10 bits per heavy atom. The predicted molar refractivity (Wildman–Crippen MR) is 75.1 cm³/mol. The highest BCUT2D eigenvalue weighted by atomic mass is 16.4. The fraction of sp³-hybridized carbons (Fsp3) is 0.769. The number of urea groups is 1. The van der Waals surface area contributed by atoms with Crippen LogP contribution in [0.2, 0.25) is 0 Å². The molecule has 0 aliphatic rings. The van der Waals surface area contributed by atoms with E-state index in [4.69, 9.17) is 10.8 Å². The SMILES string of the molecule is CC(C)CCC(C)NC(=O)N[C@@H](CCC(N)=O)C(=O)O. The molecule has 7 heteroatoms. The smallest absolute Gasteiger partial charge is 0.326 e. The van der Waals surface area contributed by atoms with Gasteiger partial charge in [0.05, 0.1) is 0 Å². The zero-order chi connectivity index (χ0) is 15.7. The van der Waals surface area contributed by atoms with Gasteiger partial charge >= 0.3 is 12.0 Å². The number of amides is 3. The zero-order valence-electron chi connectivity index (χ0n) is 12.3. The second-order valence-electron chi connectivity index (χ2n) is 5.39. The number of hydrogen-bond donors (Lipinski definition) is 4. The molecule has 5 N–H and O–H groups in total. The van der Waals surface area contributed by atoms with E-state index in [2.05, 4.69) is 24.5 Å². The van der Waals surface area contributed by atoms with Gasteiger partial charge < -0.3 is 21.5 Å². The van der Waals surface area contributed by atoms with Crippen LogP contribution in [-0.4, -0.2) is 35.1 Å². The molecule has 0 radical (unpaired) electrons. The van der Waals surface area contributed by atoms with Gasteiger partial charge in [-0.15, -0.1) is 0 Å². The van der Waals surface area contributed by atoms with E-state index >= 15 is 0 Å². The Labute approximate surface area is 119 Å². The molecular formula is C13H25N3O4. The van der Waals surface area contributed by atoms with E-state index in [1.807, 2.05) is 6.92 Å². The lowest BCUT2D eigenvalue weighted by Gasteiger charge is -2.18. The maximum Gasteiger partial charge on any atom is 0.326 e. The van der Waals surface area contributed by atoms with Crippen molar-refractivity contribution >= 4 is 17.9 Å². The Morgan fingerprint density at radius 1 is 1.05 bits per heavy atom. The summed E-state index contributed by atoms with van der Waals surface area (Å²) in [5, 5.41) is 14.0. The van der Waals surface area contributed by atoms with Gasteiger partial charge in [0.15, 0.2) is 0 Å². The normalized spacial score (nSPS) is 13.6. The summed E-state index contributed by atoms with van der Waals surface area (Å²) >= 11 is 0. The minimum absolute atomic E-state index is 0.0154. The molecule has 0 aliphatic heterocycles. The van der Waals surface area contributed by atoms with Crippen molar-refractivity contribution < 1.29 is 19.5 Å². The Kier molecular flexibility index (Phi) is 8.35. The van der Waals surface area contributed by atoms with Gasteiger partial charge in [-0.3, -0.25) is 4.79 Å². The van der Waals surface area contributed by atoms with Crippen LogP contribution >= 0.6 is 0 Å². The Balaban J connectivity index is 4.18. The van der Waals surface area contributed by atoms with E-state index in [0.29, 0.717) is 5.92 Å². The summed E-state index contributed by atoms with van der Waals surface area (Å²) in [6, 6.07) is -1.69. The highest BCUT2D eigenvalue weighted by molar-refractivity contribution is 5.83. The largest absolute Gasteiger partial charge is 0.480 e. The molecule has 7 nitrogen and oxygen atoms in total. The number of carboxylic acids is 1. The van der Waals surface area contributed by atoms with Crippen molar-refractivity contribution in [2.24, 2.45) is 11.7 Å². The van der Waals surface area contributed by atoms with Crippen LogP contribution < -0.4 is 16.4 Å². The number of primary amides is 1. The number of nitrogens with one attached hydrogen (secondary N) is 2. The summed E-state index contributed by atoms with van der Waals surface area (Å²) < 4.78 is 0. The second-order valence-corrected chi connectivity index (χ2v) is 5.39. The lowest BCUT2D eigenvalue weighted by atomic mass is 10.0. The highest BCUT2D eigenvalue weighted by Gasteiger charge is 2.21. The molecule has 1 unspecified atom stereocenters. The minimum Gasteiger partial charge on any atom is -0.480 e. The summed E-state index contributed by atoms with van der Waals surface area (Å²) in [6.07, 6.45) is 1.70. The third kappa shape index (κ3) is 9.18. The van der Waals surface area contributed by atoms with Crippen molar-refractivity contribution in [2.75, 3.05) is 0 Å². The molecule has 20 heavy (non-hydrogen) atoms. The Hall–Kier alpha value is -1.79. The number of nitrogens with two attached hydrogens (primary N) is 1. The fourth-order valence-electron chi connectivity index (χ4n) is 1.62. The monoisotopic (exact) mass is 287 g/mol. The number of carboxylic acid groups (broad SMARTS) is 1. The quantitative estimate of drug-likeness (QED) is 0.501. The van der Waals surface area contributed by atoms with Crippen molar-refractivity contribution in [2.45, 2.75) is 58.5 Å². The lowest BCUT2D eigenvalue weighted by molar-refractivity contribution is -0.139. The first kappa shape index (κ1) is 18.2. The first-order chi connectivity index (χ1) is 9.22. The molecule has 0 fully saturated rings. The number of aliphatic carboxylic acids is 1. The van der Waals surface area contributed by atoms with Gasteiger partial charge in [0.2, 0.25) is 5.91 Å². The zero-order valence-corrected chi connectivity index (χ0v) is 12.3. The molecule has 0 aliphatic carbocycles. The van der Waals surface area contributed by atoms with Crippen LogP contribution in [0.15, 0.2) is 0 Å². The van der Waals surface area contributed by atoms with Crippen molar-refractivity contribution in [1.29, 1.82) is 0 Å². The Bertz CT molecular complexity index is 345. The van der Waals surface area contributed by atoms with E-state index in [1.165, 1.54) is 0 Å². The summed E-state index contributed by atoms with van der Waals surface area (Å²) in [5.74, 6) is -1.23. The maximum atomic E-state index is 11.7. The lowest BCUT2D eigenvalue weighted by Crippen LogP contribution is -2.48. The maximum absolute atomic E-state index is 11.7. The molecule has 0 saturated heterocycles. The van der Waals surface area contributed by atoms with E-state index < -0.39 is 23.9 Å². The van der Waals surface area contributed by atoms with Gasteiger partial charge in [-0.2, -0.15) is 0 Å². The van der Waals surface area contributed by atoms with Gasteiger partial charge in [0.1, 0.15) is 6.04 Å². The van der Waals surface area contributed by atoms with Gasteiger partial charge in [-0.25, -0.2) is 9.59 Å². The van der Waals surface area contributed by atoms with Crippen LogP contribution in [0.1, 0.15) is 46.5 Å². The standard InChI is InChI=1S/C13H25N3O4/c1-8(2)4-5-9(3)15-13(20)16-10(12(18)19)6-7-11(14)17/h8-10H,4-7H2,1-3H3,(H2,14,17)(H,18,19)(H2,15,16,20)/t9?,10-/m0/s1. The molecule has 0 bridgehead atoms. The first-order valence-electron chi connectivity index (χ1n) is 6.80. The topological polar surface area (TPSA) is 122 Å². The molecule has 0 heterocycles. The molecule has 3 amide bonds. The molecule has 0 aromatic heterocycles. The summed E-state index contributed by atoms with van der Waals surface area (Å²) in [6.45, 7) is 6.05. The number of hydrogen-bond acceptors (Lipinski definition) is 3. The van der Waals surface area contributed by atoms with E-state index in [1.54, 1.807) is 0 Å². The van der Waals surface area contributed by atoms with Crippen molar-refractivity contribution in [1.82, 2.24) is 10.6 Å². The third-order valence-corrected chi connectivity index (χ3v) is 2.84. The fourth-order valence-corrected chi connectivity index (χ4v) is 1.62. The molecule has 0 aromatic carbocycles. The second kappa shape index (κ2) is 9.17. The molecule has 0 aromatic rings. The number of rotatable bonds is 9. The molecule has 0 rings (SSSR count). The summed E-state index contributed by atoms with van der Waals surface area (Å²) in [5.41, 5.74) is 4.96. The Morgan fingerprint density at radius 2 is 1.65 bits per heavy atom. The van der Waals surface area contributed by atoms with Crippen LogP contribution in [-0.2, 0) is 9.59 Å². The number of carbonyl (C=O) groups is 3. The van der Waals surface area contributed by atoms with Gasteiger partial charge in [-0.05, 0) is 32.1 Å². The van der Waals surface area contributed by atoms with Gasteiger partial charge in [-0.1, -0.05) is 13.8 Å². The van der Waals surface area contributed by atoms with Crippen LogP contribution in [0, 0.1) is 5.92 Å². The molecule has 0 saturated carbocycles. The first-order valence-corrected chi connectivity index (χ1v) is 6.80. The predicted octanol–water partition coefficient (Wildman–Crippen LogP) is 0.829. The minimum atomic E-state index is -1.18. The average Bonchev–Trinajstić information content (AvgIpc) is 2.31. The van der Waals surface area contributed by atoms with E-state index in [0.717, 1.165) is 12.8 Å². The average molecular weight is 287 g/mol. The van der Waals surface area contributed by atoms with E-state index in [9.17, 15) is 14.4 Å². The van der Waals surface area contributed by atoms with Crippen LogP contribution in [0.3, 0.4) is 0 Å². The van der Waals surface area contributed by atoms with E-state index in [-0.39, 0.29) is 18.9 Å². The molecular weight excluding hydrogens is 262 g/mol. The molecule has 2 atom stereocenters. The van der Waals surface area contributed by atoms with Crippen LogP contribution in [0.4, 0.5) is 4.79 Å². The van der Waals surface area contributed by atoms with Crippen molar-refractivity contribution in [3.8, 4) is 0 Å². The molecule has 0 spiro atoms. The van der Waals surface area contributed by atoms with Gasteiger partial charge in [0, 0.05) is 12.5 Å². The summed E-state index contributed by atoms with van der Waals surface area (Å²) in [7, 11) is 0. The van der Waals surface area contributed by atoms with Gasteiger partial charge in [0.25, 0.3) is 0 Å². The summed E-state index contributed by atoms with van der Waals surface area (Å²) in [4.78, 5) is 33.2. The third-order valence-electron chi connectivity index (χ3n) is 2.84. The van der Waals surface area contributed by atoms with Crippen LogP contribution in [0.5, 0.6) is 0 Å². The van der Waals surface area contributed by atoms with Crippen molar-refractivity contribution in [3.05, 3.63) is 0 Å².